The van der Waals surface area contributed by atoms with E-state index in [1.807, 2.05) is 0 Å². The summed E-state index contributed by atoms with van der Waals surface area (Å²) in [6, 6.07) is 0. The standard InChI is InChI=1S/3ClO.Cr/c3*1-2;/q3*-1;+3. The Kier molecular flexibility index (Phi) is 598. The minimum atomic E-state index is 0. The van der Waals surface area contributed by atoms with Crippen LogP contribution in [0.4, 0.5) is 0 Å². The van der Waals surface area contributed by atoms with Gasteiger partial charge in [-0.3, -0.25) is 0 Å². The molecular formula is Cl3CrO3. The van der Waals surface area contributed by atoms with Gasteiger partial charge >= 0.3 is 17.4 Å². The van der Waals surface area contributed by atoms with E-state index in [0.717, 1.165) is 0 Å². The van der Waals surface area contributed by atoms with E-state index in [1.54, 1.807) is 0 Å². The third kappa shape index (κ3) is 124. The van der Waals surface area contributed by atoms with Gasteiger partial charge in [0, 0.05) is 0 Å². The van der Waals surface area contributed by atoms with Crippen LogP contribution in [0.25, 0.3) is 0 Å². The van der Waals surface area contributed by atoms with Crippen LogP contribution in [0.2, 0.25) is 0 Å². The SMILES string of the molecule is [Cr+3].[O-]Cl.[O-]Cl.[O-]Cl. The summed E-state index contributed by atoms with van der Waals surface area (Å²) in [5, 5.41) is 0. The Hall–Kier alpha value is 1.28. The molecule has 0 saturated carbocycles. The van der Waals surface area contributed by atoms with Crippen molar-refractivity contribution in [2.75, 3.05) is 0 Å². The van der Waals surface area contributed by atoms with E-state index >= 15 is 0 Å². The van der Waals surface area contributed by atoms with E-state index in [2.05, 4.69) is 35.6 Å². The minimum absolute atomic E-state index is 0. The predicted molar refractivity (Wildman–Crippen MR) is 17.6 cm³/mol. The summed E-state index contributed by atoms with van der Waals surface area (Å²) in [7, 11) is 0. The van der Waals surface area contributed by atoms with Crippen molar-refractivity contribution in [2.24, 2.45) is 0 Å². The molecule has 7 heteroatoms. The molecule has 0 N–H and O–H groups in total. The first-order chi connectivity index (χ1) is 3.00. The average molecular weight is 206 g/mol. The molecule has 0 atom stereocenters. The molecule has 0 aromatic heterocycles. The molecule has 7 heavy (non-hydrogen) atoms. The quantitative estimate of drug-likeness (QED) is 0.484. The molecule has 0 spiro atoms. The predicted octanol–water partition coefficient (Wildman–Crippen LogP) is -1.50. The first-order valence-electron chi connectivity index (χ1n) is 0.463. The van der Waals surface area contributed by atoms with Crippen molar-refractivity contribution in [1.82, 2.24) is 0 Å². The van der Waals surface area contributed by atoms with Crippen molar-refractivity contribution >= 4 is 35.6 Å². The van der Waals surface area contributed by atoms with E-state index < -0.39 is 0 Å². The number of rotatable bonds is 0. The van der Waals surface area contributed by atoms with E-state index in [1.165, 1.54) is 0 Å². The Balaban J connectivity index is -0.00000000900. The van der Waals surface area contributed by atoms with Crippen molar-refractivity contribution < 1.29 is 31.3 Å². The molecule has 0 aliphatic rings. The third-order valence-corrected chi connectivity index (χ3v) is 0. The van der Waals surface area contributed by atoms with Gasteiger partial charge in [0.1, 0.15) is 0 Å². The molecule has 0 aromatic carbocycles. The van der Waals surface area contributed by atoms with Crippen LogP contribution in [-0.2, 0) is 17.4 Å². The molecule has 0 fully saturated rings. The maximum atomic E-state index is 7.72. The molecule has 0 aliphatic carbocycles. The summed E-state index contributed by atoms with van der Waals surface area (Å²) in [6.07, 6.45) is 0. The second-order valence-corrected chi connectivity index (χ2v) is 0. The van der Waals surface area contributed by atoms with Crippen LogP contribution in [-0.4, -0.2) is 0 Å². The zero-order chi connectivity index (χ0) is 6.00. The Labute approximate surface area is 67.1 Å². The van der Waals surface area contributed by atoms with Crippen LogP contribution in [0.5, 0.6) is 0 Å². The molecule has 0 aromatic rings. The average Bonchev–Trinajstić information content (AvgIpc) is 1.81. The van der Waals surface area contributed by atoms with Crippen LogP contribution < -0.4 is 14.0 Å². The van der Waals surface area contributed by atoms with Crippen molar-refractivity contribution in [3.8, 4) is 0 Å². The maximum Gasteiger partial charge on any atom is 3.00 e. The van der Waals surface area contributed by atoms with Gasteiger partial charge in [0.15, 0.2) is 0 Å². The zero-order valence-electron chi connectivity index (χ0n) is 2.77. The van der Waals surface area contributed by atoms with E-state index in [0.29, 0.717) is 0 Å². The summed E-state index contributed by atoms with van der Waals surface area (Å²) >= 11 is 10.2. The van der Waals surface area contributed by atoms with Crippen molar-refractivity contribution in [2.45, 2.75) is 0 Å². The molecule has 1 radical (unpaired) electrons. The van der Waals surface area contributed by atoms with Gasteiger partial charge in [0.2, 0.25) is 0 Å². The van der Waals surface area contributed by atoms with Crippen molar-refractivity contribution in [3.05, 3.63) is 0 Å². The maximum absolute atomic E-state index is 7.72. The topological polar surface area (TPSA) is 69.2 Å². The Morgan fingerprint density at radius 3 is 0.571 bits per heavy atom. The van der Waals surface area contributed by atoms with Gasteiger partial charge in [0.25, 0.3) is 0 Å². The Morgan fingerprint density at radius 2 is 0.571 bits per heavy atom. The smallest absolute Gasteiger partial charge is 0.769 e. The second kappa shape index (κ2) is 175. The fourth-order valence-corrected chi connectivity index (χ4v) is 0. The normalized spacial score (nSPS) is 2.57. The van der Waals surface area contributed by atoms with Gasteiger partial charge in [-0.25, -0.2) is 35.6 Å². The summed E-state index contributed by atoms with van der Waals surface area (Å²) in [5.74, 6) is 0. The molecule has 0 heterocycles. The van der Waals surface area contributed by atoms with Gasteiger partial charge in [-0.15, -0.1) is 0 Å². The van der Waals surface area contributed by atoms with Crippen LogP contribution >= 0.6 is 35.6 Å². The molecule has 0 amide bonds. The monoisotopic (exact) mass is 205 g/mol. The molecule has 3 nitrogen and oxygen atoms in total. The number of hydrogen-bond donors (Lipinski definition) is 0. The fourth-order valence-electron chi connectivity index (χ4n) is 0. The molecule has 0 unspecified atom stereocenters. The van der Waals surface area contributed by atoms with Crippen LogP contribution in [0, 0.1) is 0 Å². The minimum Gasteiger partial charge on any atom is -0.769 e. The van der Waals surface area contributed by atoms with Gasteiger partial charge < -0.3 is 14.0 Å². The van der Waals surface area contributed by atoms with E-state index in [9.17, 15) is 0 Å². The Bertz CT molecular complexity index is 10.1. The summed E-state index contributed by atoms with van der Waals surface area (Å²) in [4.78, 5) is 0. The van der Waals surface area contributed by atoms with Gasteiger partial charge in [-0.1, -0.05) is 0 Å². The molecular weight excluding hydrogens is 206 g/mol. The first kappa shape index (κ1) is 24.0. The fraction of sp³-hybridized carbons (Fsp3) is 0. The van der Waals surface area contributed by atoms with E-state index in [-0.39, 0.29) is 17.4 Å². The number of hydrogen-bond acceptors (Lipinski definition) is 3. The van der Waals surface area contributed by atoms with Crippen LogP contribution in [0.1, 0.15) is 0 Å². The molecule has 45 valence electrons. The summed E-state index contributed by atoms with van der Waals surface area (Å²) in [5.41, 5.74) is 0. The third-order valence-electron chi connectivity index (χ3n) is 0. The number of halogens is 3. The van der Waals surface area contributed by atoms with Crippen LogP contribution in [0.15, 0.2) is 0 Å². The molecule has 0 saturated heterocycles. The van der Waals surface area contributed by atoms with E-state index in [4.69, 9.17) is 14.0 Å². The van der Waals surface area contributed by atoms with Crippen LogP contribution in [0.3, 0.4) is 0 Å². The molecule has 0 bridgehead atoms. The van der Waals surface area contributed by atoms with Gasteiger partial charge in [0.05, 0.1) is 0 Å². The zero-order valence-corrected chi connectivity index (χ0v) is 6.31. The Morgan fingerprint density at radius 1 is 0.571 bits per heavy atom. The second-order valence-electron chi connectivity index (χ2n) is 0. The first-order valence-corrected chi connectivity index (χ1v) is 1.39. The van der Waals surface area contributed by atoms with Gasteiger partial charge in [-0.2, -0.15) is 0 Å². The summed E-state index contributed by atoms with van der Waals surface area (Å²) in [6.45, 7) is 0. The largest absolute Gasteiger partial charge is 3.00 e. The molecule has 0 rings (SSSR count). The summed E-state index contributed by atoms with van der Waals surface area (Å²) < 4.78 is 23.2. The van der Waals surface area contributed by atoms with Gasteiger partial charge in [-0.05, 0) is 0 Å². The molecule has 0 aliphatic heterocycles. The van der Waals surface area contributed by atoms with Crippen molar-refractivity contribution in [3.63, 3.8) is 0 Å². The van der Waals surface area contributed by atoms with Crippen molar-refractivity contribution in [1.29, 1.82) is 0 Å².